The van der Waals surface area contributed by atoms with Crippen LogP contribution in [0, 0.1) is 11.7 Å². The zero-order valence-electron chi connectivity index (χ0n) is 9.01. The van der Waals surface area contributed by atoms with Crippen molar-refractivity contribution in [2.45, 2.75) is 12.8 Å². The first-order valence-corrected chi connectivity index (χ1v) is 6.33. The average molecular weight is 288 g/mol. The van der Waals surface area contributed by atoms with Crippen molar-refractivity contribution >= 4 is 15.9 Å². The summed E-state index contributed by atoms with van der Waals surface area (Å²) >= 11 is 3.29. The molecule has 4 heteroatoms. The van der Waals surface area contributed by atoms with Gasteiger partial charge in [0.2, 0.25) is 0 Å². The van der Waals surface area contributed by atoms with Gasteiger partial charge in [0.15, 0.2) is 0 Å². The largest absolute Gasteiger partial charge is 0.492 e. The molecule has 0 spiro atoms. The minimum atomic E-state index is -0.249. The summed E-state index contributed by atoms with van der Waals surface area (Å²) < 4.78 is 19.2. The van der Waals surface area contributed by atoms with E-state index in [9.17, 15) is 4.39 Å². The Morgan fingerprint density at radius 2 is 2.12 bits per heavy atom. The summed E-state index contributed by atoms with van der Waals surface area (Å²) in [5.41, 5.74) is 0. The number of nitrogens with one attached hydrogen (secondary N) is 1. The summed E-state index contributed by atoms with van der Waals surface area (Å²) in [6, 6.07) is 4.51. The zero-order chi connectivity index (χ0) is 11.4. The number of ether oxygens (including phenoxy) is 1. The Morgan fingerprint density at radius 3 is 2.81 bits per heavy atom. The molecule has 1 fully saturated rings. The van der Waals surface area contributed by atoms with Gasteiger partial charge in [0, 0.05) is 0 Å². The highest BCUT2D eigenvalue weighted by Crippen LogP contribution is 2.26. The smallest absolute Gasteiger partial charge is 0.133 e. The SMILES string of the molecule is Fc1ccc(OCC2CCNCC2)c(Br)c1. The van der Waals surface area contributed by atoms with E-state index < -0.39 is 0 Å². The molecule has 0 bridgehead atoms. The van der Waals surface area contributed by atoms with Crippen LogP contribution in [0.15, 0.2) is 22.7 Å². The van der Waals surface area contributed by atoms with Crippen molar-refractivity contribution in [2.75, 3.05) is 19.7 Å². The number of hydrogen-bond acceptors (Lipinski definition) is 2. The molecule has 1 aromatic carbocycles. The molecule has 88 valence electrons. The van der Waals surface area contributed by atoms with E-state index in [2.05, 4.69) is 21.2 Å². The standard InChI is InChI=1S/C12H15BrFNO/c13-11-7-10(14)1-2-12(11)16-8-9-3-5-15-6-4-9/h1-2,7,9,15H,3-6,8H2. The van der Waals surface area contributed by atoms with Gasteiger partial charge in [-0.1, -0.05) is 0 Å². The highest BCUT2D eigenvalue weighted by molar-refractivity contribution is 9.10. The monoisotopic (exact) mass is 287 g/mol. The van der Waals surface area contributed by atoms with Gasteiger partial charge in [-0.3, -0.25) is 0 Å². The van der Waals surface area contributed by atoms with Gasteiger partial charge in [0.1, 0.15) is 11.6 Å². The van der Waals surface area contributed by atoms with E-state index in [1.807, 2.05) is 0 Å². The average Bonchev–Trinajstić information content (AvgIpc) is 2.29. The molecule has 1 N–H and O–H groups in total. The van der Waals surface area contributed by atoms with Crippen LogP contribution < -0.4 is 10.1 Å². The third-order valence-electron chi connectivity index (χ3n) is 2.83. The highest BCUT2D eigenvalue weighted by Gasteiger charge is 2.14. The molecule has 16 heavy (non-hydrogen) atoms. The quantitative estimate of drug-likeness (QED) is 0.923. The van der Waals surface area contributed by atoms with Crippen LogP contribution in [0.25, 0.3) is 0 Å². The van der Waals surface area contributed by atoms with Crippen molar-refractivity contribution in [3.63, 3.8) is 0 Å². The Kier molecular flexibility index (Phi) is 4.18. The summed E-state index contributed by atoms with van der Waals surface area (Å²) in [5.74, 6) is 1.08. The first kappa shape index (κ1) is 11.9. The number of rotatable bonds is 3. The van der Waals surface area contributed by atoms with Crippen LogP contribution in [0.3, 0.4) is 0 Å². The molecule has 0 radical (unpaired) electrons. The minimum Gasteiger partial charge on any atom is -0.492 e. The lowest BCUT2D eigenvalue weighted by Crippen LogP contribution is -2.30. The van der Waals surface area contributed by atoms with Gasteiger partial charge < -0.3 is 10.1 Å². The molecule has 0 atom stereocenters. The van der Waals surface area contributed by atoms with E-state index in [-0.39, 0.29) is 5.82 Å². The molecule has 2 nitrogen and oxygen atoms in total. The second-order valence-corrected chi connectivity index (χ2v) is 4.93. The molecule has 1 heterocycles. The molecular formula is C12H15BrFNO. The Morgan fingerprint density at radius 1 is 1.38 bits per heavy atom. The van der Waals surface area contributed by atoms with Crippen LogP contribution in [0.1, 0.15) is 12.8 Å². The van der Waals surface area contributed by atoms with E-state index in [1.54, 1.807) is 6.07 Å². The summed E-state index contributed by atoms with van der Waals surface area (Å²) in [6.07, 6.45) is 2.30. The number of hydrogen-bond donors (Lipinski definition) is 1. The molecule has 0 aromatic heterocycles. The Bertz CT molecular complexity index is 353. The molecule has 0 saturated carbocycles. The van der Waals surface area contributed by atoms with E-state index in [0.29, 0.717) is 17.0 Å². The van der Waals surface area contributed by atoms with Crippen LogP contribution in [-0.4, -0.2) is 19.7 Å². The van der Waals surface area contributed by atoms with Gasteiger partial charge >= 0.3 is 0 Å². The molecule has 1 aliphatic heterocycles. The maximum atomic E-state index is 12.8. The van der Waals surface area contributed by atoms with Gasteiger partial charge in [-0.05, 0) is 66.0 Å². The fourth-order valence-corrected chi connectivity index (χ4v) is 2.31. The van der Waals surface area contributed by atoms with Crippen LogP contribution >= 0.6 is 15.9 Å². The topological polar surface area (TPSA) is 21.3 Å². The highest BCUT2D eigenvalue weighted by atomic mass is 79.9. The lowest BCUT2D eigenvalue weighted by molar-refractivity contribution is 0.214. The Labute approximate surface area is 103 Å². The maximum Gasteiger partial charge on any atom is 0.133 e. The van der Waals surface area contributed by atoms with Gasteiger partial charge in [-0.2, -0.15) is 0 Å². The van der Waals surface area contributed by atoms with Gasteiger partial charge in [-0.25, -0.2) is 4.39 Å². The first-order valence-electron chi connectivity index (χ1n) is 5.54. The van der Waals surface area contributed by atoms with Crippen molar-refractivity contribution in [1.82, 2.24) is 5.32 Å². The second-order valence-electron chi connectivity index (χ2n) is 4.08. The van der Waals surface area contributed by atoms with Gasteiger partial charge in [0.05, 0.1) is 11.1 Å². The Hall–Kier alpha value is -0.610. The predicted molar refractivity (Wildman–Crippen MR) is 65.2 cm³/mol. The fourth-order valence-electron chi connectivity index (χ4n) is 1.85. The van der Waals surface area contributed by atoms with Crippen LogP contribution in [-0.2, 0) is 0 Å². The van der Waals surface area contributed by atoms with Crippen LogP contribution in [0.5, 0.6) is 5.75 Å². The number of halogens is 2. The van der Waals surface area contributed by atoms with Gasteiger partial charge in [0.25, 0.3) is 0 Å². The summed E-state index contributed by atoms with van der Waals surface area (Å²) in [4.78, 5) is 0. The molecule has 1 aromatic rings. The van der Waals surface area contributed by atoms with Crippen molar-refractivity contribution in [3.05, 3.63) is 28.5 Å². The molecular weight excluding hydrogens is 273 g/mol. The maximum absolute atomic E-state index is 12.8. The predicted octanol–water partition coefficient (Wildman–Crippen LogP) is 2.97. The number of benzene rings is 1. The summed E-state index contributed by atoms with van der Waals surface area (Å²) in [7, 11) is 0. The van der Waals surface area contributed by atoms with Crippen molar-refractivity contribution < 1.29 is 9.13 Å². The zero-order valence-corrected chi connectivity index (χ0v) is 10.6. The third kappa shape index (κ3) is 3.19. The number of piperidine rings is 1. The summed E-state index contributed by atoms with van der Waals surface area (Å²) in [6.45, 7) is 2.85. The van der Waals surface area contributed by atoms with Crippen molar-refractivity contribution in [1.29, 1.82) is 0 Å². The molecule has 0 unspecified atom stereocenters. The molecule has 0 aliphatic carbocycles. The molecule has 0 amide bonds. The van der Waals surface area contributed by atoms with E-state index in [0.717, 1.165) is 31.7 Å². The minimum absolute atomic E-state index is 0.249. The normalized spacial score (nSPS) is 17.4. The Balaban J connectivity index is 1.88. The van der Waals surface area contributed by atoms with E-state index >= 15 is 0 Å². The molecule has 2 rings (SSSR count). The van der Waals surface area contributed by atoms with Gasteiger partial charge in [-0.15, -0.1) is 0 Å². The van der Waals surface area contributed by atoms with E-state index in [1.165, 1.54) is 12.1 Å². The van der Waals surface area contributed by atoms with E-state index in [4.69, 9.17) is 4.74 Å². The first-order chi connectivity index (χ1) is 7.75. The fraction of sp³-hybridized carbons (Fsp3) is 0.500. The van der Waals surface area contributed by atoms with Crippen molar-refractivity contribution in [3.8, 4) is 5.75 Å². The van der Waals surface area contributed by atoms with Crippen LogP contribution in [0.4, 0.5) is 4.39 Å². The summed E-state index contributed by atoms with van der Waals surface area (Å²) in [5, 5.41) is 3.32. The molecule has 1 saturated heterocycles. The van der Waals surface area contributed by atoms with Crippen LogP contribution in [0.2, 0.25) is 0 Å². The molecule has 1 aliphatic rings. The lowest BCUT2D eigenvalue weighted by Gasteiger charge is -2.22. The third-order valence-corrected chi connectivity index (χ3v) is 3.45. The second kappa shape index (κ2) is 5.64. The van der Waals surface area contributed by atoms with Crippen molar-refractivity contribution in [2.24, 2.45) is 5.92 Å². The lowest BCUT2D eigenvalue weighted by atomic mass is 9.99.